The number of anilines is 8. The number of ether oxygens (including phenoxy) is 3. The van der Waals surface area contributed by atoms with Crippen LogP contribution in [-0.4, -0.2) is 70.1 Å². The summed E-state index contributed by atoms with van der Waals surface area (Å²) in [5, 5.41) is 20.6. The normalized spacial score (nSPS) is 10.5. The van der Waals surface area contributed by atoms with Crippen LogP contribution in [0.2, 0.25) is 0 Å². The molecule has 0 amide bonds. The number of Topliss-reactive ketones (excluding diaryl/α,β-unsaturated/α-hetero) is 1. The van der Waals surface area contributed by atoms with Crippen molar-refractivity contribution in [3.63, 3.8) is 0 Å². The molecule has 0 saturated heterocycles. The number of ketones is 2. The average Bonchev–Trinajstić information content (AvgIpc) is 3.26. The summed E-state index contributed by atoms with van der Waals surface area (Å²) in [7, 11) is 1.55. The van der Waals surface area contributed by atoms with Crippen LogP contribution in [0.1, 0.15) is 47.1 Å². The maximum atomic E-state index is 14.3. The minimum atomic E-state index is -0.699. The SMILES string of the molecule is C=C(C)C(=O)c1cccc(Nc2nc(Nc3ccc(OCCOC)c(F)c3)ncc2C)c1.CC(C)=CC(=O)c1cccc(Nc2nc(Nc3ccc(OCCO)c(F)c3)ncc2F)c1. The molecule has 2 heterocycles. The Hall–Kier alpha value is -7.63. The average molecular weight is 877 g/mol. The summed E-state index contributed by atoms with van der Waals surface area (Å²) in [5.41, 5.74) is 5.10. The fourth-order valence-corrected chi connectivity index (χ4v) is 5.54. The number of benzene rings is 4. The van der Waals surface area contributed by atoms with Crippen LogP contribution in [0.3, 0.4) is 0 Å². The molecule has 0 radical (unpaired) electrons. The zero-order valence-electron chi connectivity index (χ0n) is 35.8. The Balaban J connectivity index is 0.000000241. The Bertz CT molecular complexity index is 2640. The standard InChI is InChI=1S/C24H25FN4O3.C23H22F2N4O3/c1-15(2)22(30)17-6-5-7-18(12-17)27-23-16(3)14-26-24(29-23)28-19-8-9-21(20(25)13-19)32-11-10-31-4;1-14(2)10-20(31)15-4-3-5-16(11-15)27-22-19(25)13-26-23(29-22)28-17-6-7-21(18(24)12-17)32-9-8-30/h5-9,12-14H,1,10-11H2,2-4H3,(H2,26,27,28,29);3-7,10-13,30H,8-9H2,1-2H3,(H2,26,27,28,29). The Labute approximate surface area is 368 Å². The molecule has 0 aliphatic carbocycles. The topological polar surface area (TPSA) is 182 Å². The van der Waals surface area contributed by atoms with E-state index in [1.807, 2.05) is 26.8 Å². The Morgan fingerprint density at radius 3 is 1.77 bits per heavy atom. The Morgan fingerprint density at radius 1 is 0.672 bits per heavy atom. The van der Waals surface area contributed by atoms with Gasteiger partial charge in [-0.05, 0) is 87.9 Å². The van der Waals surface area contributed by atoms with Crippen LogP contribution >= 0.6 is 0 Å². The van der Waals surface area contributed by atoms with Gasteiger partial charge < -0.3 is 40.6 Å². The van der Waals surface area contributed by atoms with Crippen molar-refractivity contribution in [1.82, 2.24) is 19.9 Å². The smallest absolute Gasteiger partial charge is 0.229 e. The van der Waals surface area contributed by atoms with Crippen molar-refractivity contribution in [1.29, 1.82) is 0 Å². The zero-order chi connectivity index (χ0) is 46.2. The van der Waals surface area contributed by atoms with Crippen molar-refractivity contribution < 1.29 is 42.1 Å². The number of nitrogens with zero attached hydrogens (tertiary/aromatic N) is 4. The molecular weight excluding hydrogens is 830 g/mol. The van der Waals surface area contributed by atoms with Crippen LogP contribution in [0, 0.1) is 24.4 Å². The lowest BCUT2D eigenvalue weighted by Crippen LogP contribution is -2.06. The van der Waals surface area contributed by atoms with Crippen molar-refractivity contribution in [3.05, 3.63) is 155 Å². The fourth-order valence-electron chi connectivity index (χ4n) is 5.54. The van der Waals surface area contributed by atoms with Gasteiger partial charge in [-0.3, -0.25) is 9.59 Å². The zero-order valence-corrected chi connectivity index (χ0v) is 35.8. The first kappa shape index (κ1) is 47.4. The van der Waals surface area contributed by atoms with Gasteiger partial charge in [0.2, 0.25) is 11.9 Å². The van der Waals surface area contributed by atoms with Gasteiger partial charge in [0.1, 0.15) is 19.0 Å². The number of nitrogens with one attached hydrogen (secondary N) is 4. The number of allylic oxidation sites excluding steroid dienone is 3. The van der Waals surface area contributed by atoms with Crippen LogP contribution in [0.25, 0.3) is 0 Å². The highest BCUT2D eigenvalue weighted by Gasteiger charge is 2.13. The maximum Gasteiger partial charge on any atom is 0.229 e. The van der Waals surface area contributed by atoms with Crippen molar-refractivity contribution in [2.24, 2.45) is 0 Å². The molecule has 0 unspecified atom stereocenters. The molecule has 0 atom stereocenters. The highest BCUT2D eigenvalue weighted by molar-refractivity contribution is 6.08. The van der Waals surface area contributed by atoms with Gasteiger partial charge >= 0.3 is 0 Å². The summed E-state index contributed by atoms with van der Waals surface area (Å²) in [6.45, 7) is 11.3. The summed E-state index contributed by atoms with van der Waals surface area (Å²) in [4.78, 5) is 41.1. The molecule has 6 rings (SSSR count). The second-order valence-corrected chi connectivity index (χ2v) is 14.2. The summed E-state index contributed by atoms with van der Waals surface area (Å²) < 4.78 is 57.9. The molecule has 0 spiro atoms. The largest absolute Gasteiger partial charge is 0.488 e. The number of rotatable bonds is 19. The second kappa shape index (κ2) is 23.0. The van der Waals surface area contributed by atoms with Gasteiger partial charge in [0.15, 0.2) is 46.3 Å². The van der Waals surface area contributed by atoms with Gasteiger partial charge in [0.05, 0.1) is 19.4 Å². The lowest BCUT2D eigenvalue weighted by atomic mass is 10.1. The van der Waals surface area contributed by atoms with E-state index in [9.17, 15) is 22.8 Å². The number of halogens is 3. The van der Waals surface area contributed by atoms with Crippen LogP contribution in [0.15, 0.2) is 121 Å². The van der Waals surface area contributed by atoms with E-state index in [1.165, 1.54) is 36.4 Å². The molecular formula is C47H47F3N8O6. The number of aliphatic hydroxyl groups is 1. The third-order valence-electron chi connectivity index (χ3n) is 8.59. The second-order valence-electron chi connectivity index (χ2n) is 14.2. The maximum absolute atomic E-state index is 14.3. The first-order valence-electron chi connectivity index (χ1n) is 19.7. The van der Waals surface area contributed by atoms with E-state index in [0.717, 1.165) is 17.3 Å². The summed E-state index contributed by atoms with van der Waals surface area (Å²) >= 11 is 0. The Morgan fingerprint density at radius 2 is 1.20 bits per heavy atom. The molecule has 0 bridgehead atoms. The van der Waals surface area contributed by atoms with E-state index in [-0.39, 0.29) is 54.7 Å². The predicted molar refractivity (Wildman–Crippen MR) is 240 cm³/mol. The number of aryl methyl sites for hydroxylation is 1. The van der Waals surface area contributed by atoms with Crippen LogP contribution in [0.4, 0.5) is 59.5 Å². The number of hydrogen-bond donors (Lipinski definition) is 5. The van der Waals surface area contributed by atoms with Crippen LogP contribution in [0.5, 0.6) is 11.5 Å². The number of aliphatic hydroxyl groups excluding tert-OH is 1. The number of hydrogen-bond acceptors (Lipinski definition) is 14. The number of aromatic nitrogens is 4. The van der Waals surface area contributed by atoms with Gasteiger partial charge in [-0.25, -0.2) is 23.1 Å². The van der Waals surface area contributed by atoms with Crippen molar-refractivity contribution in [3.8, 4) is 11.5 Å². The minimum Gasteiger partial charge on any atom is -0.488 e. The lowest BCUT2D eigenvalue weighted by molar-refractivity contribution is 0.103. The first-order valence-corrected chi connectivity index (χ1v) is 19.7. The predicted octanol–water partition coefficient (Wildman–Crippen LogP) is 9.96. The van der Waals surface area contributed by atoms with E-state index < -0.39 is 17.5 Å². The monoisotopic (exact) mass is 876 g/mol. The highest BCUT2D eigenvalue weighted by Crippen LogP contribution is 2.27. The van der Waals surface area contributed by atoms with Gasteiger partial charge in [0.25, 0.3) is 0 Å². The molecule has 0 fully saturated rings. The number of carbonyl (C=O) groups excluding carboxylic acids is 2. The van der Waals surface area contributed by atoms with E-state index in [4.69, 9.17) is 19.3 Å². The first-order chi connectivity index (χ1) is 30.7. The van der Waals surface area contributed by atoms with Crippen molar-refractivity contribution in [2.45, 2.75) is 27.7 Å². The molecule has 5 N–H and O–H groups in total. The molecule has 0 aliphatic heterocycles. The number of methoxy groups -OCH3 is 1. The van der Waals surface area contributed by atoms with Gasteiger partial charge in [-0.1, -0.05) is 36.4 Å². The van der Waals surface area contributed by atoms with Gasteiger partial charge in [0, 0.05) is 64.9 Å². The van der Waals surface area contributed by atoms with E-state index in [1.54, 1.807) is 68.8 Å². The summed E-state index contributed by atoms with van der Waals surface area (Å²) in [6, 6.07) is 22.3. The quantitative estimate of drug-likeness (QED) is 0.0295. The van der Waals surface area contributed by atoms with E-state index in [0.29, 0.717) is 57.8 Å². The molecule has 2 aromatic heterocycles. The Kier molecular flexibility index (Phi) is 17.0. The third-order valence-corrected chi connectivity index (χ3v) is 8.59. The van der Waals surface area contributed by atoms with Crippen molar-refractivity contribution >= 4 is 57.8 Å². The van der Waals surface area contributed by atoms with Gasteiger partial charge in [-0.15, -0.1) is 0 Å². The molecule has 332 valence electrons. The van der Waals surface area contributed by atoms with E-state index in [2.05, 4.69) is 47.8 Å². The number of carbonyl (C=O) groups is 2. The molecule has 4 aromatic carbocycles. The summed E-state index contributed by atoms with van der Waals surface area (Å²) in [6.07, 6.45) is 4.15. The van der Waals surface area contributed by atoms with Crippen LogP contribution in [-0.2, 0) is 4.74 Å². The molecule has 17 heteroatoms. The minimum absolute atomic E-state index is 0.00507. The lowest BCUT2D eigenvalue weighted by Gasteiger charge is -2.12. The third kappa shape index (κ3) is 13.9. The molecule has 0 saturated carbocycles. The molecule has 6 aromatic rings. The molecule has 64 heavy (non-hydrogen) atoms. The van der Waals surface area contributed by atoms with Gasteiger partial charge in [-0.2, -0.15) is 9.97 Å². The fraction of sp³-hybridized carbons (Fsp3) is 0.191. The van der Waals surface area contributed by atoms with E-state index >= 15 is 0 Å². The molecule has 14 nitrogen and oxygen atoms in total. The highest BCUT2D eigenvalue weighted by atomic mass is 19.1. The summed E-state index contributed by atoms with van der Waals surface area (Å²) in [5.74, 6) is -1.21. The molecule has 0 aliphatic rings. The van der Waals surface area contributed by atoms with Crippen molar-refractivity contribution in [2.75, 3.05) is 54.8 Å². The van der Waals surface area contributed by atoms with Crippen LogP contribution < -0.4 is 30.7 Å².